The normalized spacial score (nSPS) is 11.7. The molecule has 2 aromatic rings. The fraction of sp³-hybridized carbons (Fsp3) is 0.231. The first kappa shape index (κ1) is 17.0. The topological polar surface area (TPSA) is 72.2 Å². The maximum Gasteiger partial charge on any atom is 0.263 e. The number of thiophene rings is 1. The van der Waals surface area contributed by atoms with Crippen LogP contribution in [-0.2, 0) is 16.6 Å². The molecule has 0 aliphatic carbocycles. The van der Waals surface area contributed by atoms with Gasteiger partial charge in [0.25, 0.3) is 10.0 Å². The molecule has 2 rings (SSSR count). The van der Waals surface area contributed by atoms with Gasteiger partial charge in [-0.3, -0.25) is 4.72 Å². The quantitative estimate of drug-likeness (QED) is 0.730. The van der Waals surface area contributed by atoms with Crippen LogP contribution in [0.5, 0.6) is 0 Å². The smallest absolute Gasteiger partial charge is 0.263 e. The van der Waals surface area contributed by atoms with Crippen LogP contribution in [0.25, 0.3) is 0 Å². The first-order valence-electron chi connectivity index (χ1n) is 6.02. The van der Waals surface area contributed by atoms with Crippen LogP contribution in [-0.4, -0.2) is 8.42 Å². The van der Waals surface area contributed by atoms with E-state index in [2.05, 4.69) is 36.6 Å². The summed E-state index contributed by atoms with van der Waals surface area (Å²) in [5.41, 5.74) is 8.03. The number of halogens is 2. The van der Waals surface area contributed by atoms with Gasteiger partial charge in [0.2, 0.25) is 0 Å². The molecule has 0 radical (unpaired) electrons. The number of hydrogen-bond acceptors (Lipinski definition) is 4. The maximum absolute atomic E-state index is 12.5. The Hall–Kier alpha value is -0.410. The van der Waals surface area contributed by atoms with Crippen molar-refractivity contribution in [1.29, 1.82) is 0 Å². The highest BCUT2D eigenvalue weighted by atomic mass is 79.9. The van der Waals surface area contributed by atoms with E-state index in [1.807, 2.05) is 26.0 Å². The monoisotopic (exact) mass is 452 g/mol. The highest BCUT2D eigenvalue weighted by Gasteiger charge is 2.22. The van der Waals surface area contributed by atoms with Crippen molar-refractivity contribution in [1.82, 2.24) is 0 Å². The van der Waals surface area contributed by atoms with Crippen LogP contribution < -0.4 is 10.5 Å². The summed E-state index contributed by atoms with van der Waals surface area (Å²) in [6.45, 7) is 4.13. The molecular formula is C13H14Br2N2O2S2. The minimum atomic E-state index is -3.66. The van der Waals surface area contributed by atoms with E-state index in [0.717, 1.165) is 16.0 Å². The summed E-state index contributed by atoms with van der Waals surface area (Å²) in [5, 5.41) is 0. The molecule has 0 saturated carbocycles. The first-order valence-corrected chi connectivity index (χ1v) is 9.91. The number of hydrogen-bond donors (Lipinski definition) is 2. The predicted octanol–water partition coefficient (Wildman–Crippen LogP) is 4.15. The predicted molar refractivity (Wildman–Crippen MR) is 94.3 cm³/mol. The lowest BCUT2D eigenvalue weighted by atomic mass is 10.1. The summed E-state index contributed by atoms with van der Waals surface area (Å²) in [7, 11) is -3.66. The van der Waals surface area contributed by atoms with Gasteiger partial charge in [-0.15, -0.1) is 11.3 Å². The van der Waals surface area contributed by atoms with E-state index < -0.39 is 10.0 Å². The van der Waals surface area contributed by atoms with Crippen molar-refractivity contribution in [3.63, 3.8) is 0 Å². The highest BCUT2D eigenvalue weighted by Crippen LogP contribution is 2.35. The van der Waals surface area contributed by atoms with E-state index in [1.165, 1.54) is 11.3 Å². The molecule has 0 aliphatic rings. The van der Waals surface area contributed by atoms with Crippen LogP contribution in [0.1, 0.15) is 16.0 Å². The molecule has 0 atom stereocenters. The maximum atomic E-state index is 12.5. The zero-order valence-corrected chi connectivity index (χ0v) is 16.2. The zero-order chi connectivity index (χ0) is 15.8. The largest absolute Gasteiger partial charge is 0.326 e. The first-order chi connectivity index (χ1) is 9.74. The Morgan fingerprint density at radius 2 is 1.90 bits per heavy atom. The Kier molecular flexibility index (Phi) is 5.15. The Balaban J connectivity index is 2.44. The summed E-state index contributed by atoms with van der Waals surface area (Å²) >= 11 is 8.02. The Morgan fingerprint density at radius 1 is 1.24 bits per heavy atom. The van der Waals surface area contributed by atoms with Gasteiger partial charge in [-0.25, -0.2) is 8.42 Å². The molecule has 114 valence electrons. The van der Waals surface area contributed by atoms with Crippen molar-refractivity contribution >= 4 is 58.9 Å². The summed E-state index contributed by atoms with van der Waals surface area (Å²) in [6, 6.07) is 5.39. The molecule has 1 aromatic carbocycles. The van der Waals surface area contributed by atoms with E-state index >= 15 is 0 Å². The second-order valence-electron chi connectivity index (χ2n) is 4.60. The van der Waals surface area contributed by atoms with Crippen LogP contribution in [0.2, 0.25) is 0 Å². The summed E-state index contributed by atoms with van der Waals surface area (Å²) in [4.78, 5) is 1.02. The van der Waals surface area contributed by atoms with Crippen molar-refractivity contribution in [3.8, 4) is 0 Å². The second-order valence-corrected chi connectivity index (χ2v) is 9.56. The minimum absolute atomic E-state index is 0.208. The Morgan fingerprint density at radius 3 is 2.43 bits per heavy atom. The number of anilines is 1. The van der Waals surface area contributed by atoms with Crippen molar-refractivity contribution in [2.24, 2.45) is 5.73 Å². The van der Waals surface area contributed by atoms with Gasteiger partial charge in [-0.2, -0.15) is 0 Å². The number of nitrogens with one attached hydrogen (secondary N) is 1. The molecule has 0 fully saturated rings. The van der Waals surface area contributed by atoms with Gasteiger partial charge < -0.3 is 5.73 Å². The van der Waals surface area contributed by atoms with Gasteiger partial charge in [0.1, 0.15) is 4.90 Å². The third-order valence-corrected chi connectivity index (χ3v) is 7.11. The molecule has 0 amide bonds. The van der Waals surface area contributed by atoms with Crippen molar-refractivity contribution in [3.05, 3.63) is 42.5 Å². The fourth-order valence-corrected chi connectivity index (χ4v) is 6.53. The molecule has 4 nitrogen and oxygen atoms in total. The van der Waals surface area contributed by atoms with Crippen molar-refractivity contribution < 1.29 is 8.42 Å². The zero-order valence-electron chi connectivity index (χ0n) is 11.4. The average Bonchev–Trinajstić information content (AvgIpc) is 2.76. The number of sulfonamides is 1. The molecule has 1 heterocycles. The Bertz CT molecular complexity index is 762. The van der Waals surface area contributed by atoms with Crippen LogP contribution in [0.15, 0.2) is 31.4 Å². The van der Waals surface area contributed by atoms with E-state index in [-0.39, 0.29) is 4.90 Å². The molecule has 0 bridgehead atoms. The van der Waals surface area contributed by atoms with Crippen LogP contribution in [0.3, 0.4) is 0 Å². The standard InChI is InChI=1S/C13H14Br2N2O2S2/c1-7-3-8(2)12(10(14)4-7)17-21(18,19)11-5-9(6-16)20-13(11)15/h3-5,17H,6,16H2,1-2H3. The summed E-state index contributed by atoms with van der Waals surface area (Å²) in [6.07, 6.45) is 0. The number of aryl methyl sites for hydroxylation is 2. The number of nitrogens with two attached hydrogens (primary N) is 1. The average molecular weight is 454 g/mol. The van der Waals surface area contributed by atoms with E-state index in [0.29, 0.717) is 20.5 Å². The SMILES string of the molecule is Cc1cc(C)c(NS(=O)(=O)c2cc(CN)sc2Br)c(Br)c1. The molecule has 0 saturated heterocycles. The second kappa shape index (κ2) is 6.37. The molecule has 0 spiro atoms. The third kappa shape index (κ3) is 3.68. The lowest BCUT2D eigenvalue weighted by Gasteiger charge is -2.13. The fourth-order valence-electron chi connectivity index (χ4n) is 1.92. The van der Waals surface area contributed by atoms with E-state index in [9.17, 15) is 8.42 Å². The molecular weight excluding hydrogens is 440 g/mol. The van der Waals surface area contributed by atoms with Gasteiger partial charge in [-0.1, -0.05) is 6.07 Å². The molecule has 0 aliphatic heterocycles. The lowest BCUT2D eigenvalue weighted by Crippen LogP contribution is -2.14. The number of benzene rings is 1. The van der Waals surface area contributed by atoms with Gasteiger partial charge >= 0.3 is 0 Å². The van der Waals surface area contributed by atoms with Crippen molar-refractivity contribution in [2.45, 2.75) is 25.3 Å². The van der Waals surface area contributed by atoms with Gasteiger partial charge in [0, 0.05) is 15.9 Å². The molecule has 1 aromatic heterocycles. The van der Waals surface area contributed by atoms with Crippen LogP contribution in [0.4, 0.5) is 5.69 Å². The molecule has 21 heavy (non-hydrogen) atoms. The third-order valence-electron chi connectivity index (χ3n) is 2.87. The van der Waals surface area contributed by atoms with Gasteiger partial charge in [-0.05, 0) is 69.0 Å². The lowest BCUT2D eigenvalue weighted by molar-refractivity contribution is 0.601. The highest BCUT2D eigenvalue weighted by molar-refractivity contribution is 9.11. The van der Waals surface area contributed by atoms with Crippen LogP contribution >= 0.6 is 43.2 Å². The van der Waals surface area contributed by atoms with Gasteiger partial charge in [0.15, 0.2) is 0 Å². The molecule has 8 heteroatoms. The van der Waals surface area contributed by atoms with E-state index in [1.54, 1.807) is 6.07 Å². The summed E-state index contributed by atoms with van der Waals surface area (Å²) < 4.78 is 29.0. The number of rotatable bonds is 4. The minimum Gasteiger partial charge on any atom is -0.326 e. The van der Waals surface area contributed by atoms with Gasteiger partial charge in [0.05, 0.1) is 9.47 Å². The van der Waals surface area contributed by atoms with Crippen molar-refractivity contribution in [2.75, 3.05) is 4.72 Å². The molecule has 0 unspecified atom stereocenters. The van der Waals surface area contributed by atoms with Crippen LogP contribution in [0, 0.1) is 13.8 Å². The van der Waals surface area contributed by atoms with E-state index in [4.69, 9.17) is 5.73 Å². The Labute approximate surface area is 145 Å². The molecule has 3 N–H and O–H groups in total. The summed E-state index contributed by atoms with van der Waals surface area (Å²) in [5.74, 6) is 0.